The highest BCUT2D eigenvalue weighted by Gasteiger charge is 2.17. The molecule has 7 heteroatoms. The molecule has 2 unspecified atom stereocenters. The predicted octanol–water partition coefficient (Wildman–Crippen LogP) is 0.254. The van der Waals surface area contributed by atoms with Crippen molar-refractivity contribution >= 4 is 5.97 Å². The van der Waals surface area contributed by atoms with Crippen molar-refractivity contribution in [2.45, 2.75) is 38.8 Å². The number of hydrogen-bond acceptors (Lipinski definition) is 6. The van der Waals surface area contributed by atoms with Crippen LogP contribution in [0.15, 0.2) is 0 Å². The molecule has 88 valence electrons. The molecule has 2 atom stereocenters. The summed E-state index contributed by atoms with van der Waals surface area (Å²) in [5, 5.41) is 9.12. The van der Waals surface area contributed by atoms with Gasteiger partial charge < -0.3 is 15.3 Å². The molecule has 0 aromatic heterocycles. The fourth-order valence-corrected chi connectivity index (χ4v) is 0.793. The van der Waals surface area contributed by atoms with Crippen LogP contribution in [0.5, 0.6) is 0 Å². The van der Waals surface area contributed by atoms with E-state index in [-0.39, 0.29) is 6.61 Å². The Kier molecular flexibility index (Phi) is 6.35. The summed E-state index contributed by atoms with van der Waals surface area (Å²) < 4.78 is 4.76. The number of rotatable bonds is 7. The number of ether oxygens (including phenoxy) is 1. The zero-order chi connectivity index (χ0) is 11.8. The predicted molar refractivity (Wildman–Crippen MR) is 51.4 cm³/mol. The van der Waals surface area contributed by atoms with E-state index in [0.29, 0.717) is 12.8 Å². The Morgan fingerprint density at radius 3 is 2.47 bits per heavy atom. The Balaban J connectivity index is 3.89. The summed E-state index contributed by atoms with van der Waals surface area (Å²) >= 11 is 0. The van der Waals surface area contributed by atoms with Crippen molar-refractivity contribution in [2.75, 3.05) is 6.61 Å². The molecule has 0 amide bonds. The normalized spacial score (nSPS) is 14.1. The fourth-order valence-electron chi connectivity index (χ4n) is 0.793. The van der Waals surface area contributed by atoms with Crippen LogP contribution in [0.3, 0.4) is 0 Å². The first-order valence-electron chi connectivity index (χ1n) is 4.74. The first kappa shape index (κ1) is 13.6. The average Bonchev–Trinajstić information content (AvgIpc) is 2.21. The smallest absolute Gasteiger partial charge is 0.322 e. The van der Waals surface area contributed by atoms with Crippen molar-refractivity contribution in [2.24, 2.45) is 5.73 Å². The lowest BCUT2D eigenvalue weighted by molar-refractivity contribution is -0.769. The maximum Gasteiger partial charge on any atom is 0.322 e. The summed E-state index contributed by atoms with van der Waals surface area (Å²) in [4.78, 5) is 25.4. The fraction of sp³-hybridized carbons (Fsp3) is 0.875. The van der Waals surface area contributed by atoms with Gasteiger partial charge in [-0.25, -0.2) is 0 Å². The zero-order valence-corrected chi connectivity index (χ0v) is 8.84. The lowest BCUT2D eigenvalue weighted by Crippen LogP contribution is -2.34. The minimum Gasteiger partial charge on any atom is -0.462 e. The Hall–Kier alpha value is -1.37. The molecule has 0 saturated carbocycles. The Bertz CT molecular complexity index is 221. The van der Waals surface area contributed by atoms with E-state index in [1.807, 2.05) is 0 Å². The molecule has 0 bridgehead atoms. The molecule has 0 radical (unpaired) electrons. The topological polar surface area (TPSA) is 105 Å². The van der Waals surface area contributed by atoms with Crippen LogP contribution in [0, 0.1) is 10.1 Å². The quantitative estimate of drug-likeness (QED) is 0.374. The van der Waals surface area contributed by atoms with Gasteiger partial charge in [-0.3, -0.25) is 4.79 Å². The van der Waals surface area contributed by atoms with E-state index in [1.165, 1.54) is 0 Å². The molecule has 0 heterocycles. The van der Waals surface area contributed by atoms with Crippen molar-refractivity contribution in [1.82, 2.24) is 0 Å². The van der Waals surface area contributed by atoms with E-state index >= 15 is 0 Å². The van der Waals surface area contributed by atoms with E-state index in [9.17, 15) is 14.9 Å². The van der Waals surface area contributed by atoms with Gasteiger partial charge in [-0.05, 0) is 12.8 Å². The molecule has 0 aliphatic rings. The summed E-state index contributed by atoms with van der Waals surface area (Å²) in [6, 6.07) is -0.682. The molecule has 0 aliphatic heterocycles. The van der Waals surface area contributed by atoms with Crippen LogP contribution in [-0.2, 0) is 14.4 Å². The summed E-state index contributed by atoms with van der Waals surface area (Å²) in [5.41, 5.74) is 5.40. The third-order valence-electron chi connectivity index (χ3n) is 1.84. The van der Waals surface area contributed by atoms with Gasteiger partial charge in [-0.15, -0.1) is 10.1 Å². The van der Waals surface area contributed by atoms with Gasteiger partial charge in [0.1, 0.15) is 18.8 Å². The van der Waals surface area contributed by atoms with Crippen molar-refractivity contribution < 1.29 is 19.5 Å². The third-order valence-corrected chi connectivity index (χ3v) is 1.84. The Morgan fingerprint density at radius 2 is 2.07 bits per heavy atom. The lowest BCUT2D eigenvalue weighted by Gasteiger charge is -2.14. The van der Waals surface area contributed by atoms with Gasteiger partial charge in [-0.2, -0.15) is 0 Å². The van der Waals surface area contributed by atoms with Crippen LogP contribution in [0.25, 0.3) is 0 Å². The number of hydrogen-bond donors (Lipinski definition) is 1. The minimum absolute atomic E-state index is 0.149. The van der Waals surface area contributed by atoms with E-state index in [0.717, 1.165) is 0 Å². The number of nitrogens with zero attached hydrogens (tertiary/aromatic N) is 1. The molecule has 0 aliphatic carbocycles. The Morgan fingerprint density at radius 1 is 1.47 bits per heavy atom. The van der Waals surface area contributed by atoms with E-state index < -0.39 is 23.2 Å². The minimum atomic E-state index is -0.901. The van der Waals surface area contributed by atoms with Crippen LogP contribution < -0.4 is 5.73 Å². The highest BCUT2D eigenvalue weighted by molar-refractivity contribution is 5.75. The average molecular weight is 220 g/mol. The van der Waals surface area contributed by atoms with Crippen molar-refractivity contribution in [3.63, 3.8) is 0 Å². The molecule has 0 saturated heterocycles. The summed E-state index contributed by atoms with van der Waals surface area (Å²) in [7, 11) is 0. The standard InChI is InChI=1S/C8H16N2O5/c1-3-6(15-10(12)13)5-14-8(11)7(9)4-2/h6-7H,3-5,9H2,1-2H3. The number of carbonyl (C=O) groups is 1. The molecule has 0 rings (SSSR count). The number of carbonyl (C=O) groups excluding carboxylic acids is 1. The van der Waals surface area contributed by atoms with Gasteiger partial charge in [-0.1, -0.05) is 13.8 Å². The third kappa shape index (κ3) is 5.84. The SMILES string of the molecule is CCC(COC(=O)C(N)CC)O[N+](=O)[O-]. The molecule has 7 nitrogen and oxygen atoms in total. The summed E-state index contributed by atoms with van der Waals surface area (Å²) in [5.74, 6) is -0.567. The molecule has 15 heavy (non-hydrogen) atoms. The number of nitrogens with two attached hydrogens (primary N) is 1. The highest BCUT2D eigenvalue weighted by atomic mass is 17.0. The molecule has 0 aromatic carbocycles. The van der Waals surface area contributed by atoms with Crippen molar-refractivity contribution in [1.29, 1.82) is 0 Å². The maximum atomic E-state index is 11.1. The van der Waals surface area contributed by atoms with Crippen LogP contribution in [0.2, 0.25) is 0 Å². The highest BCUT2D eigenvalue weighted by Crippen LogP contribution is 2.00. The van der Waals surface area contributed by atoms with E-state index in [1.54, 1.807) is 13.8 Å². The first-order valence-corrected chi connectivity index (χ1v) is 4.74. The summed E-state index contributed by atoms with van der Waals surface area (Å²) in [6.45, 7) is 3.29. The van der Waals surface area contributed by atoms with Gasteiger partial charge in [0.05, 0.1) is 0 Å². The lowest BCUT2D eigenvalue weighted by atomic mass is 10.2. The monoisotopic (exact) mass is 220 g/mol. The van der Waals surface area contributed by atoms with Gasteiger partial charge in [0.2, 0.25) is 0 Å². The Labute approximate surface area is 87.6 Å². The largest absolute Gasteiger partial charge is 0.462 e. The van der Waals surface area contributed by atoms with Crippen molar-refractivity contribution in [3.05, 3.63) is 10.1 Å². The van der Waals surface area contributed by atoms with Gasteiger partial charge in [0, 0.05) is 0 Å². The van der Waals surface area contributed by atoms with E-state index in [4.69, 9.17) is 10.5 Å². The molecule has 0 aromatic rings. The van der Waals surface area contributed by atoms with Gasteiger partial charge in [0.25, 0.3) is 5.09 Å². The van der Waals surface area contributed by atoms with Crippen LogP contribution >= 0.6 is 0 Å². The molecule has 0 fully saturated rings. The van der Waals surface area contributed by atoms with Crippen LogP contribution in [0.4, 0.5) is 0 Å². The van der Waals surface area contributed by atoms with Gasteiger partial charge >= 0.3 is 5.97 Å². The van der Waals surface area contributed by atoms with E-state index in [2.05, 4.69) is 4.84 Å². The van der Waals surface area contributed by atoms with Crippen LogP contribution in [-0.4, -0.2) is 29.8 Å². The van der Waals surface area contributed by atoms with Crippen LogP contribution in [0.1, 0.15) is 26.7 Å². The molecular weight excluding hydrogens is 204 g/mol. The molecule has 0 spiro atoms. The second-order valence-corrected chi connectivity index (χ2v) is 3.00. The maximum absolute atomic E-state index is 11.1. The molecule has 2 N–H and O–H groups in total. The number of esters is 1. The second kappa shape index (κ2) is 6.99. The molecular formula is C8H16N2O5. The second-order valence-electron chi connectivity index (χ2n) is 3.00. The first-order chi connectivity index (χ1) is 7.01. The summed E-state index contributed by atoms with van der Waals surface area (Å²) in [6.07, 6.45) is 0.120. The van der Waals surface area contributed by atoms with Gasteiger partial charge in [0.15, 0.2) is 0 Å². The zero-order valence-electron chi connectivity index (χ0n) is 8.84. The van der Waals surface area contributed by atoms with Crippen molar-refractivity contribution in [3.8, 4) is 0 Å².